The van der Waals surface area contributed by atoms with E-state index < -0.39 is 16.1 Å². The van der Waals surface area contributed by atoms with E-state index in [1.54, 1.807) is 12.1 Å². The summed E-state index contributed by atoms with van der Waals surface area (Å²) in [6, 6.07) is 12.6. The van der Waals surface area contributed by atoms with Gasteiger partial charge in [-0.3, -0.25) is 0 Å². The molecule has 2 aromatic rings. The van der Waals surface area contributed by atoms with Crippen LogP contribution in [0.4, 0.5) is 0 Å². The topological polar surface area (TPSA) is 79.5 Å². The van der Waals surface area contributed by atoms with Crippen molar-refractivity contribution in [3.05, 3.63) is 60.1 Å². The Morgan fingerprint density at radius 1 is 1.15 bits per heavy atom. The quantitative estimate of drug-likeness (QED) is 0.811. The van der Waals surface area contributed by atoms with Crippen molar-refractivity contribution in [1.29, 1.82) is 0 Å². The molecule has 2 N–H and O–H groups in total. The summed E-state index contributed by atoms with van der Waals surface area (Å²) in [5.41, 5.74) is 0.962. The van der Waals surface area contributed by atoms with Crippen molar-refractivity contribution in [2.45, 2.75) is 12.5 Å². The number of furan rings is 1. The fourth-order valence-corrected chi connectivity index (χ4v) is 2.82. The normalized spacial score (nSPS) is 13.2. The summed E-state index contributed by atoms with van der Waals surface area (Å²) < 4.78 is 31.0. The van der Waals surface area contributed by atoms with E-state index >= 15 is 0 Å². The summed E-state index contributed by atoms with van der Waals surface area (Å²) in [6.45, 7) is -0.0926. The Morgan fingerprint density at radius 3 is 2.55 bits per heavy atom. The third-order valence-electron chi connectivity index (χ3n) is 2.87. The molecule has 6 heteroatoms. The first-order chi connectivity index (χ1) is 9.57. The molecule has 0 radical (unpaired) electrons. The summed E-state index contributed by atoms with van der Waals surface area (Å²) in [5, 5.41) is 9.74. The molecule has 0 unspecified atom stereocenters. The van der Waals surface area contributed by atoms with Crippen LogP contribution >= 0.6 is 0 Å². The zero-order valence-electron chi connectivity index (χ0n) is 10.9. The van der Waals surface area contributed by atoms with Gasteiger partial charge in [-0.1, -0.05) is 30.3 Å². The van der Waals surface area contributed by atoms with Gasteiger partial charge in [0.05, 0.1) is 12.0 Å². The lowest BCUT2D eigenvalue weighted by molar-refractivity contribution is 0.154. The fraction of sp³-hybridized carbons (Fsp3) is 0.286. The molecule has 1 aromatic carbocycles. The van der Waals surface area contributed by atoms with Crippen molar-refractivity contribution in [3.8, 4) is 0 Å². The molecular formula is C14H17NO4S. The predicted octanol–water partition coefficient (Wildman–Crippen LogP) is 1.48. The SMILES string of the molecule is O=S(=O)(CCc1ccccc1)NC[C@H](O)c1ccco1. The van der Waals surface area contributed by atoms with E-state index in [9.17, 15) is 13.5 Å². The number of hydrogen-bond acceptors (Lipinski definition) is 4. The summed E-state index contributed by atoms with van der Waals surface area (Å²) in [7, 11) is -3.42. The lowest BCUT2D eigenvalue weighted by Crippen LogP contribution is -2.31. The Kier molecular flexibility index (Phi) is 4.94. The Morgan fingerprint density at radius 2 is 1.90 bits per heavy atom. The molecule has 1 aromatic heterocycles. The van der Waals surface area contributed by atoms with Gasteiger partial charge in [-0.2, -0.15) is 0 Å². The van der Waals surface area contributed by atoms with Crippen LogP contribution < -0.4 is 4.72 Å². The van der Waals surface area contributed by atoms with Crippen LogP contribution in [0.3, 0.4) is 0 Å². The van der Waals surface area contributed by atoms with Gasteiger partial charge in [0, 0.05) is 6.54 Å². The fourth-order valence-electron chi connectivity index (χ4n) is 1.76. The van der Waals surface area contributed by atoms with Crippen molar-refractivity contribution in [2.75, 3.05) is 12.3 Å². The molecule has 0 saturated heterocycles. The number of rotatable bonds is 7. The summed E-state index contributed by atoms with van der Waals surface area (Å²) >= 11 is 0. The van der Waals surface area contributed by atoms with Crippen LogP contribution in [-0.4, -0.2) is 25.8 Å². The van der Waals surface area contributed by atoms with Crippen molar-refractivity contribution in [3.63, 3.8) is 0 Å². The molecule has 0 amide bonds. The second-order valence-corrected chi connectivity index (χ2v) is 6.36. The number of aliphatic hydroxyl groups excluding tert-OH is 1. The maximum absolute atomic E-state index is 11.8. The summed E-state index contributed by atoms with van der Waals surface area (Å²) in [5.74, 6) is 0.331. The molecule has 0 bridgehead atoms. The van der Waals surface area contributed by atoms with Gasteiger partial charge in [0.15, 0.2) is 0 Å². The van der Waals surface area contributed by atoms with E-state index in [2.05, 4.69) is 4.72 Å². The van der Waals surface area contributed by atoms with E-state index in [4.69, 9.17) is 4.42 Å². The largest absolute Gasteiger partial charge is 0.467 e. The van der Waals surface area contributed by atoms with Gasteiger partial charge >= 0.3 is 0 Å². The van der Waals surface area contributed by atoms with E-state index in [0.29, 0.717) is 12.2 Å². The van der Waals surface area contributed by atoms with Crippen LogP contribution in [0, 0.1) is 0 Å². The average molecular weight is 295 g/mol. The highest BCUT2D eigenvalue weighted by molar-refractivity contribution is 7.89. The molecule has 2 rings (SSSR count). The number of hydrogen-bond donors (Lipinski definition) is 2. The minimum Gasteiger partial charge on any atom is -0.467 e. The summed E-state index contributed by atoms with van der Waals surface area (Å²) in [4.78, 5) is 0. The number of sulfonamides is 1. The van der Waals surface area contributed by atoms with Gasteiger partial charge in [0.25, 0.3) is 0 Å². The zero-order chi connectivity index (χ0) is 14.4. The third kappa shape index (κ3) is 4.48. The molecule has 108 valence electrons. The van der Waals surface area contributed by atoms with Crippen LogP contribution in [-0.2, 0) is 16.4 Å². The van der Waals surface area contributed by atoms with Crippen molar-refractivity contribution >= 4 is 10.0 Å². The van der Waals surface area contributed by atoms with Crippen LogP contribution in [0.5, 0.6) is 0 Å². The first kappa shape index (κ1) is 14.8. The zero-order valence-corrected chi connectivity index (χ0v) is 11.7. The van der Waals surface area contributed by atoms with Gasteiger partial charge in [-0.05, 0) is 24.1 Å². The molecular weight excluding hydrogens is 278 g/mol. The van der Waals surface area contributed by atoms with Gasteiger partial charge in [0.1, 0.15) is 11.9 Å². The standard InChI is InChI=1S/C14H17NO4S/c16-13(14-7-4-9-19-14)11-15-20(17,18)10-8-12-5-2-1-3-6-12/h1-7,9,13,15-16H,8,10-11H2/t13-/m0/s1. The first-order valence-electron chi connectivity index (χ1n) is 6.29. The molecule has 1 atom stereocenters. The second-order valence-electron chi connectivity index (χ2n) is 4.43. The van der Waals surface area contributed by atoms with Gasteiger partial charge in [-0.15, -0.1) is 0 Å². The van der Waals surface area contributed by atoms with Crippen LogP contribution in [0.25, 0.3) is 0 Å². The predicted molar refractivity (Wildman–Crippen MR) is 75.6 cm³/mol. The Hall–Kier alpha value is -1.63. The number of benzene rings is 1. The molecule has 0 spiro atoms. The molecule has 5 nitrogen and oxygen atoms in total. The van der Waals surface area contributed by atoms with E-state index in [0.717, 1.165) is 5.56 Å². The third-order valence-corrected chi connectivity index (χ3v) is 4.22. The van der Waals surface area contributed by atoms with Gasteiger partial charge in [-0.25, -0.2) is 13.1 Å². The lowest BCUT2D eigenvalue weighted by atomic mass is 10.2. The molecule has 0 aliphatic heterocycles. The monoisotopic (exact) mass is 295 g/mol. The Labute approximate surface area is 118 Å². The van der Waals surface area contributed by atoms with Crippen LogP contribution in [0.15, 0.2) is 53.1 Å². The Bertz CT molecular complexity index is 608. The minimum absolute atomic E-state index is 0.0120. The van der Waals surface area contributed by atoms with Gasteiger partial charge in [0.2, 0.25) is 10.0 Å². The average Bonchev–Trinajstić information content (AvgIpc) is 2.98. The highest BCUT2D eigenvalue weighted by Gasteiger charge is 2.15. The first-order valence-corrected chi connectivity index (χ1v) is 7.95. The highest BCUT2D eigenvalue weighted by atomic mass is 32.2. The molecule has 0 saturated carbocycles. The number of nitrogens with one attached hydrogen (secondary N) is 1. The second kappa shape index (κ2) is 6.69. The van der Waals surface area contributed by atoms with Crippen LogP contribution in [0.1, 0.15) is 17.4 Å². The summed E-state index contributed by atoms with van der Waals surface area (Å²) in [6.07, 6.45) is 0.895. The molecule has 1 heterocycles. The maximum atomic E-state index is 11.8. The van der Waals surface area contributed by atoms with Crippen molar-refractivity contribution in [1.82, 2.24) is 4.72 Å². The highest BCUT2D eigenvalue weighted by Crippen LogP contribution is 2.12. The molecule has 20 heavy (non-hydrogen) atoms. The van der Waals surface area contributed by atoms with Crippen molar-refractivity contribution < 1.29 is 17.9 Å². The molecule has 0 fully saturated rings. The minimum atomic E-state index is -3.42. The van der Waals surface area contributed by atoms with Crippen molar-refractivity contribution in [2.24, 2.45) is 0 Å². The molecule has 0 aliphatic rings. The number of aryl methyl sites for hydroxylation is 1. The lowest BCUT2D eigenvalue weighted by Gasteiger charge is -2.10. The van der Waals surface area contributed by atoms with E-state index in [1.807, 2.05) is 30.3 Å². The smallest absolute Gasteiger partial charge is 0.212 e. The van der Waals surface area contributed by atoms with E-state index in [1.165, 1.54) is 6.26 Å². The van der Waals surface area contributed by atoms with E-state index in [-0.39, 0.29) is 12.3 Å². The molecule has 0 aliphatic carbocycles. The van der Waals surface area contributed by atoms with Gasteiger partial charge < -0.3 is 9.52 Å². The van der Waals surface area contributed by atoms with Crippen LogP contribution in [0.2, 0.25) is 0 Å². The number of aliphatic hydroxyl groups is 1. The maximum Gasteiger partial charge on any atom is 0.212 e. The Balaban J connectivity index is 1.82.